The molecule has 5 rings (SSSR count). The minimum absolute atomic E-state index is 0.101. The van der Waals surface area contributed by atoms with Crippen molar-refractivity contribution in [3.8, 4) is 11.3 Å². The number of halogens is 1. The van der Waals surface area contributed by atoms with Crippen LogP contribution in [0, 0.1) is 5.82 Å². The van der Waals surface area contributed by atoms with Crippen molar-refractivity contribution in [1.29, 1.82) is 0 Å². The van der Waals surface area contributed by atoms with Gasteiger partial charge in [-0.05, 0) is 89.5 Å². The molecule has 3 amide bonds. The van der Waals surface area contributed by atoms with Crippen LogP contribution in [0.2, 0.25) is 0 Å². The highest BCUT2D eigenvalue weighted by Gasteiger charge is 2.20. The van der Waals surface area contributed by atoms with E-state index in [9.17, 15) is 18.8 Å². The van der Waals surface area contributed by atoms with Gasteiger partial charge in [0.25, 0.3) is 11.8 Å². The number of carbonyl (C=O) groups is 3. The number of benzene rings is 3. The molecular formula is C33H27FN4O3S3. The van der Waals surface area contributed by atoms with Gasteiger partial charge in [0.2, 0.25) is 5.91 Å². The highest BCUT2D eigenvalue weighted by Crippen LogP contribution is 2.30. The van der Waals surface area contributed by atoms with Crippen molar-refractivity contribution in [2.24, 2.45) is 0 Å². The van der Waals surface area contributed by atoms with Crippen LogP contribution in [0.1, 0.15) is 29.3 Å². The number of rotatable bonds is 11. The summed E-state index contributed by atoms with van der Waals surface area (Å²) in [5.41, 5.74) is 3.26. The molecule has 2 heterocycles. The number of nitrogens with one attached hydrogen (secondary N) is 3. The first-order valence-corrected chi connectivity index (χ1v) is 16.3. The van der Waals surface area contributed by atoms with Crippen LogP contribution < -0.4 is 16.0 Å². The average molecular weight is 643 g/mol. The molecule has 222 valence electrons. The molecule has 0 aliphatic rings. The van der Waals surface area contributed by atoms with E-state index in [-0.39, 0.29) is 17.4 Å². The molecule has 3 N–H and O–H groups in total. The molecule has 7 nitrogen and oxygen atoms in total. The van der Waals surface area contributed by atoms with Crippen molar-refractivity contribution in [3.63, 3.8) is 0 Å². The van der Waals surface area contributed by atoms with E-state index in [2.05, 4.69) is 20.9 Å². The summed E-state index contributed by atoms with van der Waals surface area (Å²) in [6.07, 6.45) is 2.19. The zero-order valence-electron chi connectivity index (χ0n) is 23.5. The Bertz CT molecular complexity index is 1770. The summed E-state index contributed by atoms with van der Waals surface area (Å²) in [4.78, 5) is 44.6. The Morgan fingerprint density at radius 2 is 1.75 bits per heavy atom. The van der Waals surface area contributed by atoms with Crippen LogP contribution >= 0.6 is 34.4 Å². The minimum atomic E-state index is -0.479. The van der Waals surface area contributed by atoms with Crippen molar-refractivity contribution in [2.45, 2.75) is 23.5 Å². The second-order valence-corrected chi connectivity index (χ2v) is 12.4. The third-order valence-electron chi connectivity index (χ3n) is 6.29. The molecule has 0 aliphatic heterocycles. The van der Waals surface area contributed by atoms with Gasteiger partial charge in [-0.1, -0.05) is 31.2 Å². The summed E-state index contributed by atoms with van der Waals surface area (Å²) >= 11 is 4.15. The Morgan fingerprint density at radius 3 is 2.48 bits per heavy atom. The highest BCUT2D eigenvalue weighted by atomic mass is 32.2. The zero-order valence-corrected chi connectivity index (χ0v) is 25.9. The number of thioether (sulfide) groups is 1. The molecule has 3 aromatic carbocycles. The fourth-order valence-corrected chi connectivity index (χ4v) is 6.42. The molecule has 2 aromatic heterocycles. The Balaban J connectivity index is 1.25. The van der Waals surface area contributed by atoms with Gasteiger partial charge in [-0.15, -0.1) is 23.1 Å². The molecule has 0 fully saturated rings. The summed E-state index contributed by atoms with van der Waals surface area (Å²) in [6.45, 7) is 1.92. The number of aromatic nitrogens is 1. The van der Waals surface area contributed by atoms with Crippen LogP contribution in [0.15, 0.2) is 112 Å². The molecule has 0 bridgehead atoms. The molecule has 44 heavy (non-hydrogen) atoms. The number of thiophene rings is 1. The highest BCUT2D eigenvalue weighted by molar-refractivity contribution is 8.00. The molecule has 0 spiro atoms. The van der Waals surface area contributed by atoms with Crippen LogP contribution in [0.4, 0.5) is 15.2 Å². The Labute approximate surface area is 266 Å². The summed E-state index contributed by atoms with van der Waals surface area (Å²) < 4.78 is 13.3. The molecule has 0 aliphatic carbocycles. The fourth-order valence-electron chi connectivity index (χ4n) is 4.07. The molecule has 5 aromatic rings. The quantitative estimate of drug-likeness (QED) is 0.100. The minimum Gasteiger partial charge on any atom is -0.321 e. The second kappa shape index (κ2) is 14.7. The van der Waals surface area contributed by atoms with Crippen LogP contribution in [-0.2, 0) is 9.59 Å². The summed E-state index contributed by atoms with van der Waals surface area (Å²) in [6, 6.07) is 23.8. The van der Waals surface area contributed by atoms with Gasteiger partial charge in [0, 0.05) is 27.1 Å². The number of amides is 3. The Hall–Kier alpha value is -4.58. The van der Waals surface area contributed by atoms with Gasteiger partial charge < -0.3 is 16.0 Å². The number of hydrogen-bond donors (Lipinski definition) is 3. The van der Waals surface area contributed by atoms with Crippen molar-refractivity contribution < 1.29 is 18.8 Å². The number of thiazole rings is 1. The second-order valence-electron chi connectivity index (χ2n) is 9.47. The number of hydrogen-bond acceptors (Lipinski definition) is 7. The number of anilines is 2. The van der Waals surface area contributed by atoms with Gasteiger partial charge in [-0.3, -0.25) is 14.4 Å². The number of nitrogens with zero attached hydrogens (tertiary/aromatic N) is 1. The van der Waals surface area contributed by atoms with E-state index < -0.39 is 17.1 Å². The summed E-state index contributed by atoms with van der Waals surface area (Å²) in [5, 5.41) is 14.1. The average Bonchev–Trinajstić information content (AvgIpc) is 3.73. The molecule has 0 saturated carbocycles. The first-order valence-electron chi connectivity index (χ1n) is 13.6. The third kappa shape index (κ3) is 8.28. The Morgan fingerprint density at radius 1 is 0.955 bits per heavy atom. The van der Waals surface area contributed by atoms with E-state index in [1.54, 1.807) is 60.7 Å². The first-order chi connectivity index (χ1) is 21.4. The van der Waals surface area contributed by atoms with Gasteiger partial charge in [0.1, 0.15) is 11.5 Å². The zero-order chi connectivity index (χ0) is 30.9. The van der Waals surface area contributed by atoms with E-state index >= 15 is 0 Å². The lowest BCUT2D eigenvalue weighted by atomic mass is 10.2. The predicted molar refractivity (Wildman–Crippen MR) is 177 cm³/mol. The van der Waals surface area contributed by atoms with Crippen LogP contribution in [0.25, 0.3) is 17.3 Å². The largest absolute Gasteiger partial charge is 0.321 e. The van der Waals surface area contributed by atoms with E-state index in [1.165, 1.54) is 46.6 Å². The smallest absolute Gasteiger partial charge is 0.272 e. The molecule has 0 saturated heterocycles. The van der Waals surface area contributed by atoms with Crippen LogP contribution in [-0.4, -0.2) is 28.0 Å². The van der Waals surface area contributed by atoms with Crippen molar-refractivity contribution in [2.75, 3.05) is 10.6 Å². The van der Waals surface area contributed by atoms with Gasteiger partial charge in [-0.2, -0.15) is 11.3 Å². The monoisotopic (exact) mass is 642 g/mol. The fraction of sp³-hybridized carbons (Fsp3) is 0.0909. The van der Waals surface area contributed by atoms with Crippen molar-refractivity contribution in [3.05, 3.63) is 124 Å². The first kappa shape index (κ1) is 30.9. The van der Waals surface area contributed by atoms with E-state index in [4.69, 9.17) is 0 Å². The topological polar surface area (TPSA) is 100 Å². The van der Waals surface area contributed by atoms with Crippen molar-refractivity contribution >= 4 is 69.1 Å². The van der Waals surface area contributed by atoms with Gasteiger partial charge >= 0.3 is 0 Å². The SMILES string of the molecule is CCC(Sc1cccc(NC(=O)/C(=C/c2ccsc2)NC(=O)c2ccccc2)c1)C(=O)Nc1nc(-c2ccc(F)cc2)cs1. The van der Waals surface area contributed by atoms with E-state index in [0.29, 0.717) is 28.5 Å². The number of carbonyl (C=O) groups excluding carboxylic acids is 3. The van der Waals surface area contributed by atoms with Crippen LogP contribution in [0.3, 0.4) is 0 Å². The van der Waals surface area contributed by atoms with Gasteiger partial charge in [0.05, 0.1) is 10.9 Å². The van der Waals surface area contributed by atoms with Crippen molar-refractivity contribution in [1.82, 2.24) is 10.3 Å². The maximum absolute atomic E-state index is 13.3. The lowest BCUT2D eigenvalue weighted by molar-refractivity contribution is -0.116. The predicted octanol–water partition coefficient (Wildman–Crippen LogP) is 7.93. The normalized spacial score (nSPS) is 11.9. The Kier molecular flexibility index (Phi) is 10.3. The van der Waals surface area contributed by atoms with Gasteiger partial charge in [-0.25, -0.2) is 9.37 Å². The van der Waals surface area contributed by atoms with E-state index in [1.807, 2.05) is 41.3 Å². The molecule has 1 atom stereocenters. The summed E-state index contributed by atoms with van der Waals surface area (Å²) in [5.74, 6) is -1.40. The molecular weight excluding hydrogens is 616 g/mol. The van der Waals surface area contributed by atoms with Crippen LogP contribution in [0.5, 0.6) is 0 Å². The molecule has 0 radical (unpaired) electrons. The standard InChI is InChI=1S/C33H27FN4O3S3/c1-2-29(32(41)38-33-37-28(20-43-33)22-11-13-24(34)14-12-22)44-26-10-6-9-25(18-26)35-31(40)27(17-21-15-16-42-19-21)36-30(39)23-7-4-3-5-8-23/h3-20,29H,2H2,1H3,(H,35,40)(H,36,39)(H,37,38,41)/b27-17-. The van der Waals surface area contributed by atoms with E-state index in [0.717, 1.165) is 16.0 Å². The molecule has 1 unspecified atom stereocenters. The third-order valence-corrected chi connectivity index (χ3v) is 9.11. The summed E-state index contributed by atoms with van der Waals surface area (Å²) in [7, 11) is 0. The maximum Gasteiger partial charge on any atom is 0.272 e. The maximum atomic E-state index is 13.3. The van der Waals surface area contributed by atoms with Gasteiger partial charge in [0.15, 0.2) is 5.13 Å². The molecule has 11 heteroatoms. The lowest BCUT2D eigenvalue weighted by Gasteiger charge is -2.15. The lowest BCUT2D eigenvalue weighted by Crippen LogP contribution is -2.30.